The Kier molecular flexibility index (Phi) is 4.31. The first-order chi connectivity index (χ1) is 9.32. The van der Waals surface area contributed by atoms with E-state index in [1.807, 2.05) is 0 Å². The molecule has 5 nitrogen and oxygen atoms in total. The third-order valence-electron chi connectivity index (χ3n) is 3.14. The van der Waals surface area contributed by atoms with Crippen LogP contribution in [0.4, 0.5) is 0 Å². The molecule has 0 bridgehead atoms. The van der Waals surface area contributed by atoms with Crippen LogP contribution in [0, 0.1) is 0 Å². The Hall–Kier alpha value is -1.18. The van der Waals surface area contributed by atoms with Crippen molar-refractivity contribution < 1.29 is 18.3 Å². The third-order valence-corrected chi connectivity index (χ3v) is 5.68. The van der Waals surface area contributed by atoms with E-state index >= 15 is 0 Å². The summed E-state index contributed by atoms with van der Waals surface area (Å²) in [5, 5.41) is 9.06. The van der Waals surface area contributed by atoms with Crippen molar-refractivity contribution in [3.63, 3.8) is 0 Å². The topological polar surface area (TPSA) is 74.7 Å². The minimum Gasteiger partial charge on any atom is -0.478 e. The molecular weight excluding hydrogens is 346 g/mol. The number of piperidine rings is 1. The molecular formula is C13H14BrNO4S. The summed E-state index contributed by atoms with van der Waals surface area (Å²) in [6, 6.07) is 4.03. The molecule has 0 amide bonds. The maximum atomic E-state index is 12.5. The van der Waals surface area contributed by atoms with E-state index in [0.717, 1.165) is 18.4 Å². The fraction of sp³-hybridized carbons (Fsp3) is 0.308. The molecule has 1 aliphatic heterocycles. The van der Waals surface area contributed by atoms with Crippen molar-refractivity contribution in [2.75, 3.05) is 13.1 Å². The zero-order valence-electron chi connectivity index (χ0n) is 10.7. The van der Waals surface area contributed by atoms with E-state index < -0.39 is 16.0 Å². The molecule has 0 radical (unpaired) electrons. The van der Waals surface area contributed by atoms with E-state index in [2.05, 4.69) is 22.5 Å². The van der Waals surface area contributed by atoms with Crippen molar-refractivity contribution >= 4 is 31.9 Å². The summed E-state index contributed by atoms with van der Waals surface area (Å²) in [6.45, 7) is 4.55. The predicted octanol–water partition coefficient (Wildman–Crippen LogP) is 2.49. The highest BCUT2D eigenvalue weighted by Gasteiger charge is 2.28. The van der Waals surface area contributed by atoms with Gasteiger partial charge in [0.25, 0.3) is 0 Å². The number of hydrogen-bond acceptors (Lipinski definition) is 3. The van der Waals surface area contributed by atoms with Crippen LogP contribution in [0.2, 0.25) is 0 Å². The van der Waals surface area contributed by atoms with Gasteiger partial charge in [0.2, 0.25) is 10.0 Å². The molecule has 7 heteroatoms. The lowest BCUT2D eigenvalue weighted by molar-refractivity contribution is 0.0695. The van der Waals surface area contributed by atoms with E-state index in [1.54, 1.807) is 0 Å². The highest BCUT2D eigenvalue weighted by Crippen LogP contribution is 2.26. The van der Waals surface area contributed by atoms with Crippen LogP contribution < -0.4 is 0 Å². The molecule has 0 aliphatic carbocycles. The van der Waals surface area contributed by atoms with Crippen LogP contribution in [0.3, 0.4) is 0 Å². The zero-order valence-corrected chi connectivity index (χ0v) is 13.1. The number of carboxylic acids is 1. The van der Waals surface area contributed by atoms with Crippen LogP contribution >= 0.6 is 15.9 Å². The van der Waals surface area contributed by atoms with Gasteiger partial charge in [-0.15, -0.1) is 0 Å². The Balaban J connectivity index is 2.41. The first-order valence-electron chi connectivity index (χ1n) is 6.02. The first kappa shape index (κ1) is 15.2. The molecule has 0 saturated carbocycles. The molecule has 1 aliphatic rings. The molecule has 1 saturated heterocycles. The van der Waals surface area contributed by atoms with E-state index in [0.29, 0.717) is 17.6 Å². The van der Waals surface area contributed by atoms with Gasteiger partial charge >= 0.3 is 5.97 Å². The third kappa shape index (κ3) is 2.94. The van der Waals surface area contributed by atoms with Gasteiger partial charge in [-0.2, -0.15) is 4.31 Å². The molecule has 1 N–H and O–H groups in total. The van der Waals surface area contributed by atoms with Gasteiger partial charge < -0.3 is 5.11 Å². The van der Waals surface area contributed by atoms with Gasteiger partial charge in [0.15, 0.2) is 0 Å². The molecule has 1 aromatic rings. The Morgan fingerprint density at radius 2 is 2.10 bits per heavy atom. The number of sulfonamides is 1. The lowest BCUT2D eigenvalue weighted by atomic mass is 10.1. The van der Waals surface area contributed by atoms with Gasteiger partial charge in [0.05, 0.1) is 10.5 Å². The Labute approximate surface area is 126 Å². The number of aromatic carboxylic acids is 1. The molecule has 20 heavy (non-hydrogen) atoms. The number of halogens is 1. The number of rotatable bonds is 3. The maximum Gasteiger partial charge on any atom is 0.336 e. The number of hydrogen-bond donors (Lipinski definition) is 1. The highest BCUT2D eigenvalue weighted by molar-refractivity contribution is 9.10. The summed E-state index contributed by atoms with van der Waals surface area (Å²) in [5.41, 5.74) is 0.803. The van der Waals surface area contributed by atoms with Gasteiger partial charge in [0.1, 0.15) is 0 Å². The van der Waals surface area contributed by atoms with Gasteiger partial charge in [-0.25, -0.2) is 13.2 Å². The number of benzene rings is 1. The highest BCUT2D eigenvalue weighted by atomic mass is 79.9. The smallest absolute Gasteiger partial charge is 0.336 e. The average molecular weight is 360 g/mol. The monoisotopic (exact) mass is 359 g/mol. The molecule has 108 valence electrons. The van der Waals surface area contributed by atoms with Crippen molar-refractivity contribution in [1.82, 2.24) is 4.31 Å². The summed E-state index contributed by atoms with van der Waals surface area (Å²) in [5.74, 6) is -1.17. The van der Waals surface area contributed by atoms with Crippen molar-refractivity contribution in [3.8, 4) is 0 Å². The fourth-order valence-electron chi connectivity index (χ4n) is 2.10. The minimum atomic E-state index is -3.68. The number of carboxylic acid groups (broad SMARTS) is 1. The number of carbonyl (C=O) groups is 1. The predicted molar refractivity (Wildman–Crippen MR) is 78.2 cm³/mol. The molecule has 0 unspecified atom stereocenters. The van der Waals surface area contributed by atoms with Crippen LogP contribution in [0.25, 0.3) is 0 Å². The average Bonchev–Trinajstić information content (AvgIpc) is 2.38. The van der Waals surface area contributed by atoms with E-state index in [-0.39, 0.29) is 10.5 Å². The Bertz CT molecular complexity index is 669. The van der Waals surface area contributed by atoms with Gasteiger partial charge in [0, 0.05) is 17.6 Å². The lowest BCUT2D eigenvalue weighted by Crippen LogP contribution is -2.36. The van der Waals surface area contributed by atoms with Crippen molar-refractivity contribution in [2.45, 2.75) is 17.7 Å². The van der Waals surface area contributed by atoms with Crippen LogP contribution in [0.1, 0.15) is 23.2 Å². The first-order valence-corrected chi connectivity index (χ1v) is 8.25. The standard InChI is InChI=1S/C13H14BrNO4S/c1-9-3-2-6-15(8-9)20(18,19)10-4-5-12(14)11(7-10)13(16)17/h4-5,7H,1-3,6,8H2,(H,16,17). The summed E-state index contributed by atoms with van der Waals surface area (Å²) in [7, 11) is -3.68. The van der Waals surface area contributed by atoms with Gasteiger partial charge in [-0.05, 0) is 47.0 Å². The Morgan fingerprint density at radius 3 is 2.70 bits per heavy atom. The second-order valence-corrected chi connectivity index (χ2v) is 7.43. The largest absolute Gasteiger partial charge is 0.478 e. The molecule has 1 heterocycles. The van der Waals surface area contributed by atoms with Crippen LogP contribution in [0.5, 0.6) is 0 Å². The summed E-state index contributed by atoms with van der Waals surface area (Å²) in [4.78, 5) is 11.1. The number of nitrogens with zero attached hydrogens (tertiary/aromatic N) is 1. The van der Waals surface area contributed by atoms with Crippen molar-refractivity contribution in [2.24, 2.45) is 0 Å². The van der Waals surface area contributed by atoms with Gasteiger partial charge in [-0.1, -0.05) is 12.2 Å². The van der Waals surface area contributed by atoms with E-state index in [1.165, 1.54) is 22.5 Å². The molecule has 0 spiro atoms. The summed E-state index contributed by atoms with van der Waals surface area (Å²) in [6.07, 6.45) is 1.56. The zero-order chi connectivity index (χ0) is 14.9. The maximum absolute atomic E-state index is 12.5. The summed E-state index contributed by atoms with van der Waals surface area (Å²) >= 11 is 3.10. The van der Waals surface area contributed by atoms with Crippen LogP contribution in [-0.4, -0.2) is 36.9 Å². The van der Waals surface area contributed by atoms with Crippen LogP contribution in [-0.2, 0) is 10.0 Å². The summed E-state index contributed by atoms with van der Waals surface area (Å²) < 4.78 is 26.7. The Morgan fingerprint density at radius 1 is 1.40 bits per heavy atom. The molecule has 2 rings (SSSR count). The molecule has 0 atom stereocenters. The van der Waals surface area contributed by atoms with Crippen molar-refractivity contribution in [3.05, 3.63) is 40.4 Å². The minimum absolute atomic E-state index is 0.00667. The fourth-order valence-corrected chi connectivity index (χ4v) is 4.04. The van der Waals surface area contributed by atoms with E-state index in [4.69, 9.17) is 5.11 Å². The SMILES string of the molecule is C=C1CCCN(S(=O)(=O)c2ccc(Br)c(C(=O)O)c2)C1. The second kappa shape index (κ2) is 5.67. The quantitative estimate of drug-likeness (QED) is 0.841. The van der Waals surface area contributed by atoms with Gasteiger partial charge in [-0.3, -0.25) is 0 Å². The van der Waals surface area contributed by atoms with Crippen molar-refractivity contribution in [1.29, 1.82) is 0 Å². The molecule has 0 aromatic heterocycles. The normalized spacial score (nSPS) is 17.1. The molecule has 1 fully saturated rings. The lowest BCUT2D eigenvalue weighted by Gasteiger charge is -2.27. The van der Waals surface area contributed by atoms with E-state index in [9.17, 15) is 13.2 Å². The van der Waals surface area contributed by atoms with Crippen LogP contribution in [0.15, 0.2) is 39.7 Å². The molecule has 1 aromatic carbocycles. The second-order valence-electron chi connectivity index (χ2n) is 4.64.